The lowest BCUT2D eigenvalue weighted by atomic mass is 10.4. The minimum Gasteiger partial charge on any atom is -0.361 e. The molecule has 0 aliphatic carbocycles. The van der Waals surface area contributed by atoms with Crippen LogP contribution < -0.4 is 10.5 Å². The third kappa shape index (κ3) is 3.21. The lowest BCUT2D eigenvalue weighted by molar-refractivity contribution is 0.390. The van der Waals surface area contributed by atoms with E-state index < -0.39 is 10.0 Å². The van der Waals surface area contributed by atoms with Gasteiger partial charge in [0.15, 0.2) is 0 Å². The van der Waals surface area contributed by atoms with Gasteiger partial charge in [-0.15, -0.1) is 11.3 Å². The van der Waals surface area contributed by atoms with Gasteiger partial charge in [0.2, 0.25) is 10.0 Å². The van der Waals surface area contributed by atoms with Crippen LogP contribution in [0.1, 0.15) is 21.2 Å². The summed E-state index contributed by atoms with van der Waals surface area (Å²) in [7, 11) is -3.55. The summed E-state index contributed by atoms with van der Waals surface area (Å²) in [6.45, 7) is 3.95. The van der Waals surface area contributed by atoms with Crippen molar-refractivity contribution in [3.8, 4) is 0 Å². The number of aryl methyl sites for hydroxylation is 2. The fourth-order valence-electron chi connectivity index (χ4n) is 1.64. The van der Waals surface area contributed by atoms with E-state index in [-0.39, 0.29) is 11.4 Å². The maximum absolute atomic E-state index is 12.2. The van der Waals surface area contributed by atoms with Crippen LogP contribution >= 0.6 is 11.3 Å². The number of nitrogens with one attached hydrogen (secondary N) is 1. The minimum absolute atomic E-state index is 0.104. The lowest BCUT2D eigenvalue weighted by Crippen LogP contribution is -2.23. The molecule has 0 atom stereocenters. The maximum atomic E-state index is 12.2. The van der Waals surface area contributed by atoms with Gasteiger partial charge in [-0.2, -0.15) is 0 Å². The molecule has 0 bridgehead atoms. The van der Waals surface area contributed by atoms with Crippen LogP contribution in [0.5, 0.6) is 0 Å². The molecular formula is C11H15N3O3S2. The lowest BCUT2D eigenvalue weighted by Gasteiger charge is -2.03. The fraction of sp³-hybridized carbons (Fsp3) is 0.364. The molecule has 0 spiro atoms. The minimum atomic E-state index is -3.55. The molecule has 0 unspecified atom stereocenters. The average Bonchev–Trinajstić information content (AvgIpc) is 2.93. The van der Waals surface area contributed by atoms with E-state index in [1.165, 1.54) is 11.3 Å². The molecule has 2 rings (SSSR count). The first kappa shape index (κ1) is 14.2. The SMILES string of the molecule is Cc1cc(CNS(=O)(=O)c2cc(CN)sc2C)no1. The number of nitrogens with zero attached hydrogens (tertiary/aromatic N) is 1. The zero-order chi connectivity index (χ0) is 14.0. The Labute approximate surface area is 115 Å². The Bertz CT molecular complexity index is 673. The number of aromatic nitrogens is 1. The molecule has 0 aliphatic heterocycles. The molecule has 8 heteroatoms. The molecule has 2 aromatic heterocycles. The van der Waals surface area contributed by atoms with E-state index in [1.807, 2.05) is 0 Å². The molecule has 0 radical (unpaired) electrons. The summed E-state index contributed by atoms with van der Waals surface area (Å²) in [5, 5.41) is 3.74. The quantitative estimate of drug-likeness (QED) is 0.867. The zero-order valence-corrected chi connectivity index (χ0v) is 12.3. The predicted octanol–water partition coefficient (Wildman–Crippen LogP) is 1.29. The Morgan fingerprint density at radius 1 is 1.42 bits per heavy atom. The molecule has 3 N–H and O–H groups in total. The largest absolute Gasteiger partial charge is 0.361 e. The van der Waals surface area contributed by atoms with Crippen LogP contribution in [0.25, 0.3) is 0 Å². The van der Waals surface area contributed by atoms with Crippen molar-refractivity contribution >= 4 is 21.4 Å². The number of hydrogen-bond acceptors (Lipinski definition) is 6. The highest BCUT2D eigenvalue weighted by atomic mass is 32.2. The second kappa shape index (κ2) is 5.41. The van der Waals surface area contributed by atoms with Crippen LogP contribution in [0.15, 0.2) is 21.6 Å². The summed E-state index contributed by atoms with van der Waals surface area (Å²) >= 11 is 1.39. The van der Waals surface area contributed by atoms with Gasteiger partial charge in [0.05, 0.1) is 17.1 Å². The summed E-state index contributed by atoms with van der Waals surface area (Å²) < 4.78 is 31.7. The van der Waals surface area contributed by atoms with E-state index in [4.69, 9.17) is 10.3 Å². The highest BCUT2D eigenvalue weighted by molar-refractivity contribution is 7.89. The topological polar surface area (TPSA) is 98.2 Å². The summed E-state index contributed by atoms with van der Waals surface area (Å²) in [5.74, 6) is 0.645. The van der Waals surface area contributed by atoms with Gasteiger partial charge in [-0.3, -0.25) is 0 Å². The van der Waals surface area contributed by atoms with E-state index in [2.05, 4.69) is 9.88 Å². The predicted molar refractivity (Wildman–Crippen MR) is 72.2 cm³/mol. The van der Waals surface area contributed by atoms with E-state index in [9.17, 15) is 8.42 Å². The third-order valence-corrected chi connectivity index (χ3v) is 5.26. The summed E-state index contributed by atoms with van der Waals surface area (Å²) in [6.07, 6.45) is 0. The van der Waals surface area contributed by atoms with Crippen molar-refractivity contribution in [2.75, 3.05) is 0 Å². The second-order valence-electron chi connectivity index (χ2n) is 4.09. The van der Waals surface area contributed by atoms with Crippen molar-refractivity contribution in [3.05, 3.63) is 33.3 Å². The monoisotopic (exact) mass is 301 g/mol. The fourth-order valence-corrected chi connectivity index (χ4v) is 4.15. The molecule has 2 aromatic rings. The Morgan fingerprint density at radius 2 is 2.16 bits per heavy atom. The van der Waals surface area contributed by atoms with Crippen molar-refractivity contribution in [1.82, 2.24) is 9.88 Å². The molecule has 0 saturated carbocycles. The average molecular weight is 301 g/mol. The molecule has 0 saturated heterocycles. The Morgan fingerprint density at radius 3 is 2.68 bits per heavy atom. The van der Waals surface area contributed by atoms with Gasteiger partial charge in [-0.1, -0.05) is 5.16 Å². The standard InChI is InChI=1S/C11H15N3O3S2/c1-7-3-9(14-17-7)6-13-19(15,16)11-4-10(5-12)18-8(11)2/h3-4,13H,5-6,12H2,1-2H3. The van der Waals surface area contributed by atoms with Crippen LogP contribution in [-0.4, -0.2) is 13.6 Å². The Balaban J connectivity index is 2.15. The first-order valence-electron chi connectivity index (χ1n) is 5.63. The molecule has 0 fully saturated rings. The van der Waals surface area contributed by atoms with Crippen LogP contribution in [-0.2, 0) is 23.1 Å². The van der Waals surface area contributed by atoms with Crippen molar-refractivity contribution in [2.24, 2.45) is 5.73 Å². The van der Waals surface area contributed by atoms with E-state index in [0.29, 0.717) is 18.0 Å². The first-order chi connectivity index (χ1) is 8.92. The number of nitrogens with two attached hydrogens (primary N) is 1. The molecule has 19 heavy (non-hydrogen) atoms. The van der Waals surface area contributed by atoms with Gasteiger partial charge >= 0.3 is 0 Å². The molecule has 6 nitrogen and oxygen atoms in total. The van der Waals surface area contributed by atoms with Crippen molar-refractivity contribution in [1.29, 1.82) is 0 Å². The highest BCUT2D eigenvalue weighted by Gasteiger charge is 2.19. The Kier molecular flexibility index (Phi) is 4.04. The maximum Gasteiger partial charge on any atom is 0.242 e. The third-order valence-electron chi connectivity index (χ3n) is 2.53. The molecule has 2 heterocycles. The molecule has 0 amide bonds. The summed E-state index contributed by atoms with van der Waals surface area (Å²) in [5.41, 5.74) is 6.06. The van der Waals surface area contributed by atoms with Crippen molar-refractivity contribution in [2.45, 2.75) is 31.8 Å². The van der Waals surface area contributed by atoms with Crippen LogP contribution in [0.2, 0.25) is 0 Å². The van der Waals surface area contributed by atoms with Gasteiger partial charge in [-0.05, 0) is 19.9 Å². The van der Waals surface area contributed by atoms with Crippen molar-refractivity contribution < 1.29 is 12.9 Å². The van der Waals surface area contributed by atoms with E-state index in [1.54, 1.807) is 26.0 Å². The number of hydrogen-bond donors (Lipinski definition) is 2. The molecule has 0 aromatic carbocycles. The van der Waals surface area contributed by atoms with Gasteiger partial charge in [0, 0.05) is 22.4 Å². The van der Waals surface area contributed by atoms with Gasteiger partial charge in [0.25, 0.3) is 0 Å². The normalized spacial score (nSPS) is 11.9. The zero-order valence-electron chi connectivity index (χ0n) is 10.6. The second-order valence-corrected chi connectivity index (χ2v) is 7.17. The highest BCUT2D eigenvalue weighted by Crippen LogP contribution is 2.25. The molecule has 0 aliphatic rings. The molecule has 104 valence electrons. The van der Waals surface area contributed by atoms with Gasteiger partial charge < -0.3 is 10.3 Å². The summed E-state index contributed by atoms with van der Waals surface area (Å²) in [4.78, 5) is 1.85. The van der Waals surface area contributed by atoms with E-state index >= 15 is 0 Å². The Hall–Kier alpha value is -1.22. The van der Waals surface area contributed by atoms with Crippen LogP contribution in [0.3, 0.4) is 0 Å². The van der Waals surface area contributed by atoms with Crippen LogP contribution in [0, 0.1) is 13.8 Å². The van der Waals surface area contributed by atoms with Crippen molar-refractivity contribution in [3.63, 3.8) is 0 Å². The van der Waals surface area contributed by atoms with Crippen LogP contribution in [0.4, 0.5) is 0 Å². The van der Waals surface area contributed by atoms with E-state index in [0.717, 1.165) is 9.75 Å². The smallest absolute Gasteiger partial charge is 0.242 e. The first-order valence-corrected chi connectivity index (χ1v) is 7.93. The number of rotatable bonds is 5. The van der Waals surface area contributed by atoms with Gasteiger partial charge in [-0.25, -0.2) is 13.1 Å². The molecular weight excluding hydrogens is 286 g/mol. The number of thiophene rings is 1. The summed E-state index contributed by atoms with van der Waals surface area (Å²) in [6, 6.07) is 3.30. The van der Waals surface area contributed by atoms with Gasteiger partial charge in [0.1, 0.15) is 5.76 Å². The number of sulfonamides is 1.